The van der Waals surface area contributed by atoms with Crippen LogP contribution in [-0.2, 0) is 21.3 Å². The van der Waals surface area contributed by atoms with E-state index < -0.39 is 16.6 Å². The molecule has 0 spiro atoms. The number of amides is 1. The summed E-state index contributed by atoms with van der Waals surface area (Å²) in [6, 6.07) is 10.3. The van der Waals surface area contributed by atoms with Gasteiger partial charge in [0.1, 0.15) is 0 Å². The molecule has 1 amide bonds. The number of halogens is 2. The molecule has 2 aromatic rings. The lowest BCUT2D eigenvalue weighted by molar-refractivity contribution is -0.0514. The average molecular weight is 485 g/mol. The molecule has 8 nitrogen and oxygen atoms in total. The molecular weight excluding hydrogens is 458 g/mol. The van der Waals surface area contributed by atoms with Crippen LogP contribution in [0.2, 0.25) is 0 Å². The summed E-state index contributed by atoms with van der Waals surface area (Å²) < 4.78 is 67.0. The number of sulfonamides is 1. The summed E-state index contributed by atoms with van der Waals surface area (Å²) in [5, 5.41) is 0. The van der Waals surface area contributed by atoms with Crippen molar-refractivity contribution in [3.05, 3.63) is 53.6 Å². The van der Waals surface area contributed by atoms with Crippen LogP contribution in [0.1, 0.15) is 22.8 Å². The largest absolute Gasteiger partial charge is 0.490 e. The number of rotatable bonds is 9. The Bertz CT molecular complexity index is 1060. The van der Waals surface area contributed by atoms with E-state index in [4.69, 9.17) is 9.47 Å². The Labute approximate surface area is 191 Å². The van der Waals surface area contributed by atoms with Gasteiger partial charge in [0, 0.05) is 32.2 Å². The molecule has 0 saturated carbocycles. The summed E-state index contributed by atoms with van der Waals surface area (Å²) in [5.74, 6) is -0.244. The van der Waals surface area contributed by atoms with Crippen molar-refractivity contribution in [3.63, 3.8) is 0 Å². The summed E-state index contributed by atoms with van der Waals surface area (Å²) >= 11 is 0. The Hall–Kier alpha value is -2.76. The van der Waals surface area contributed by atoms with Gasteiger partial charge in [-0.15, -0.1) is 0 Å². The molecular formula is C22H26F2N2O6S. The van der Waals surface area contributed by atoms with E-state index in [0.29, 0.717) is 24.3 Å². The minimum Gasteiger partial charge on any atom is -0.490 e. The molecule has 1 fully saturated rings. The number of carbonyl (C=O) groups is 1. The molecule has 33 heavy (non-hydrogen) atoms. The number of morpholine rings is 1. The van der Waals surface area contributed by atoms with Crippen LogP contribution in [0.15, 0.2) is 47.4 Å². The van der Waals surface area contributed by atoms with Gasteiger partial charge in [-0.25, -0.2) is 8.42 Å². The van der Waals surface area contributed by atoms with Crippen molar-refractivity contribution < 1.29 is 36.2 Å². The zero-order valence-electron chi connectivity index (χ0n) is 18.4. The Morgan fingerprint density at radius 2 is 1.79 bits per heavy atom. The first-order valence-corrected chi connectivity index (χ1v) is 11.8. The molecule has 1 aliphatic heterocycles. The van der Waals surface area contributed by atoms with Gasteiger partial charge in [0.15, 0.2) is 11.5 Å². The Balaban J connectivity index is 1.70. The van der Waals surface area contributed by atoms with E-state index in [0.717, 1.165) is 0 Å². The van der Waals surface area contributed by atoms with Gasteiger partial charge in [-0.05, 0) is 48.9 Å². The number of alkyl halides is 2. The minimum atomic E-state index is -3.65. The highest BCUT2D eigenvalue weighted by atomic mass is 32.2. The van der Waals surface area contributed by atoms with E-state index in [1.807, 2.05) is 0 Å². The molecule has 0 radical (unpaired) electrons. The standard InChI is InChI=1S/C22H26F2N2O6S/c1-3-31-20-14-16(4-9-19(20)32-22(23)24)15-25(2)21(27)17-5-7-18(8-6-17)33(28,29)26-10-12-30-13-11-26/h4-9,14,22H,3,10-13,15H2,1-2H3. The van der Waals surface area contributed by atoms with Gasteiger partial charge in [0.2, 0.25) is 10.0 Å². The first-order chi connectivity index (χ1) is 15.7. The fourth-order valence-electron chi connectivity index (χ4n) is 3.38. The third kappa shape index (κ3) is 6.18. The average Bonchev–Trinajstić information content (AvgIpc) is 2.81. The molecule has 0 atom stereocenters. The van der Waals surface area contributed by atoms with Crippen molar-refractivity contribution in [2.45, 2.75) is 25.0 Å². The Kier molecular flexibility index (Phi) is 8.22. The van der Waals surface area contributed by atoms with Crippen LogP contribution in [0.3, 0.4) is 0 Å². The smallest absolute Gasteiger partial charge is 0.387 e. The van der Waals surface area contributed by atoms with Gasteiger partial charge in [-0.1, -0.05) is 6.07 Å². The number of benzene rings is 2. The zero-order chi connectivity index (χ0) is 24.0. The van der Waals surface area contributed by atoms with Crippen molar-refractivity contribution in [1.29, 1.82) is 0 Å². The van der Waals surface area contributed by atoms with E-state index >= 15 is 0 Å². The molecule has 0 unspecified atom stereocenters. The van der Waals surface area contributed by atoms with E-state index in [1.54, 1.807) is 26.1 Å². The van der Waals surface area contributed by atoms with E-state index in [9.17, 15) is 22.0 Å². The second kappa shape index (κ2) is 10.9. The SMILES string of the molecule is CCOc1cc(CN(C)C(=O)c2ccc(S(=O)(=O)N3CCOCC3)cc2)ccc1OC(F)F. The first kappa shape index (κ1) is 24.9. The fourth-order valence-corrected chi connectivity index (χ4v) is 4.79. The summed E-state index contributed by atoms with van der Waals surface area (Å²) in [5.41, 5.74) is 0.976. The zero-order valence-corrected chi connectivity index (χ0v) is 19.2. The maximum absolute atomic E-state index is 12.8. The minimum absolute atomic E-state index is 0.0818. The van der Waals surface area contributed by atoms with Crippen LogP contribution >= 0.6 is 0 Å². The topological polar surface area (TPSA) is 85.4 Å². The van der Waals surface area contributed by atoms with Crippen LogP contribution in [0.25, 0.3) is 0 Å². The molecule has 0 aliphatic carbocycles. The van der Waals surface area contributed by atoms with Gasteiger partial charge in [-0.3, -0.25) is 4.79 Å². The molecule has 0 N–H and O–H groups in total. The monoisotopic (exact) mass is 484 g/mol. The van der Waals surface area contributed by atoms with E-state index in [1.165, 1.54) is 39.5 Å². The molecule has 3 rings (SSSR count). The van der Waals surface area contributed by atoms with E-state index in [2.05, 4.69) is 4.74 Å². The van der Waals surface area contributed by atoms with Crippen LogP contribution in [-0.4, -0.2) is 70.1 Å². The van der Waals surface area contributed by atoms with Crippen molar-refractivity contribution in [3.8, 4) is 11.5 Å². The maximum atomic E-state index is 12.8. The van der Waals surface area contributed by atoms with Gasteiger partial charge in [0.05, 0.1) is 24.7 Å². The maximum Gasteiger partial charge on any atom is 0.387 e. The lowest BCUT2D eigenvalue weighted by Gasteiger charge is -2.26. The molecule has 2 aromatic carbocycles. The Morgan fingerprint density at radius 1 is 1.12 bits per heavy atom. The van der Waals surface area contributed by atoms with Gasteiger partial charge in [0.25, 0.3) is 5.91 Å². The van der Waals surface area contributed by atoms with Gasteiger partial charge in [-0.2, -0.15) is 13.1 Å². The molecule has 1 aliphatic rings. The molecule has 1 heterocycles. The lowest BCUT2D eigenvalue weighted by atomic mass is 10.1. The lowest BCUT2D eigenvalue weighted by Crippen LogP contribution is -2.40. The predicted octanol–water partition coefficient (Wildman–Crippen LogP) is 2.98. The van der Waals surface area contributed by atoms with Gasteiger partial charge >= 0.3 is 6.61 Å². The summed E-state index contributed by atoms with van der Waals surface area (Å²) in [7, 11) is -2.06. The first-order valence-electron chi connectivity index (χ1n) is 10.4. The number of hydrogen-bond acceptors (Lipinski definition) is 6. The molecule has 0 aromatic heterocycles. The van der Waals surface area contributed by atoms with E-state index in [-0.39, 0.29) is 48.5 Å². The molecule has 180 valence electrons. The van der Waals surface area contributed by atoms with Crippen molar-refractivity contribution in [2.24, 2.45) is 0 Å². The molecule has 0 bridgehead atoms. The highest BCUT2D eigenvalue weighted by Gasteiger charge is 2.26. The summed E-state index contributed by atoms with van der Waals surface area (Å²) in [6.07, 6.45) is 0. The fraction of sp³-hybridized carbons (Fsp3) is 0.409. The highest BCUT2D eigenvalue weighted by Crippen LogP contribution is 2.30. The van der Waals surface area contributed by atoms with Crippen LogP contribution in [0.4, 0.5) is 8.78 Å². The number of ether oxygens (including phenoxy) is 3. The predicted molar refractivity (Wildman–Crippen MR) is 116 cm³/mol. The number of nitrogens with zero attached hydrogens (tertiary/aromatic N) is 2. The van der Waals surface area contributed by atoms with Crippen molar-refractivity contribution in [1.82, 2.24) is 9.21 Å². The summed E-state index contributed by atoms with van der Waals surface area (Å²) in [6.45, 7) is 0.459. The third-order valence-electron chi connectivity index (χ3n) is 5.00. The second-order valence-corrected chi connectivity index (χ2v) is 9.23. The van der Waals surface area contributed by atoms with Crippen molar-refractivity contribution in [2.75, 3.05) is 40.0 Å². The van der Waals surface area contributed by atoms with Crippen LogP contribution in [0.5, 0.6) is 11.5 Å². The van der Waals surface area contributed by atoms with Crippen LogP contribution in [0, 0.1) is 0 Å². The molecule has 1 saturated heterocycles. The second-order valence-electron chi connectivity index (χ2n) is 7.29. The van der Waals surface area contributed by atoms with Crippen LogP contribution < -0.4 is 9.47 Å². The van der Waals surface area contributed by atoms with Crippen molar-refractivity contribution >= 4 is 15.9 Å². The highest BCUT2D eigenvalue weighted by molar-refractivity contribution is 7.89. The number of carbonyl (C=O) groups excluding carboxylic acids is 1. The normalized spacial score (nSPS) is 14.8. The molecule has 11 heteroatoms. The third-order valence-corrected chi connectivity index (χ3v) is 6.91. The Morgan fingerprint density at radius 3 is 2.39 bits per heavy atom. The van der Waals surface area contributed by atoms with Gasteiger partial charge < -0.3 is 19.1 Å². The number of hydrogen-bond donors (Lipinski definition) is 0. The quantitative estimate of drug-likeness (QED) is 0.544. The summed E-state index contributed by atoms with van der Waals surface area (Å²) in [4.78, 5) is 14.4.